The Balaban J connectivity index is 0.794. The van der Waals surface area contributed by atoms with Crippen molar-refractivity contribution in [3.05, 3.63) is 157 Å². The molecular weight excluding hydrogens is 885 g/mol. The minimum Gasteiger partial charge on any atom is -0.494 e. The van der Waals surface area contributed by atoms with Crippen molar-refractivity contribution in [3.8, 4) is 56.8 Å². The molecule has 0 aliphatic carbocycles. The van der Waals surface area contributed by atoms with E-state index in [1.807, 2.05) is 72.8 Å². The third-order valence-corrected chi connectivity index (χ3v) is 12.5. The zero-order valence-corrected chi connectivity index (χ0v) is 42.4. The normalized spacial score (nSPS) is 11.0. The topological polar surface area (TPSA) is 89.5 Å². The van der Waals surface area contributed by atoms with Crippen molar-refractivity contribution < 1.29 is 38.0 Å². The van der Waals surface area contributed by atoms with E-state index in [-0.39, 0.29) is 0 Å². The Morgan fingerprint density at radius 1 is 0.268 bits per heavy atom. The Hall–Kier alpha value is -6.54. The molecule has 0 aliphatic heterocycles. The Bertz CT molecular complexity index is 2200. The number of hydrogen-bond donors (Lipinski definition) is 0. The van der Waals surface area contributed by atoms with Gasteiger partial charge in [0.2, 0.25) is 0 Å². The van der Waals surface area contributed by atoms with Crippen LogP contribution in [0.4, 0.5) is 0 Å². The Morgan fingerprint density at radius 3 is 0.761 bits per heavy atom. The summed E-state index contributed by atoms with van der Waals surface area (Å²) >= 11 is 0. The Kier molecular flexibility index (Phi) is 24.0. The lowest BCUT2D eigenvalue weighted by Crippen LogP contribution is -2.08. The van der Waals surface area contributed by atoms with Crippen LogP contribution < -0.4 is 28.4 Å². The number of hydrogen-bond acceptors (Lipinski definition) is 8. The van der Waals surface area contributed by atoms with Gasteiger partial charge in [0.1, 0.15) is 34.5 Å². The summed E-state index contributed by atoms with van der Waals surface area (Å²) in [5.41, 5.74) is 5.11. The van der Waals surface area contributed by atoms with Crippen molar-refractivity contribution in [3.63, 3.8) is 0 Å². The van der Waals surface area contributed by atoms with Crippen molar-refractivity contribution in [2.45, 2.75) is 136 Å². The second-order valence-electron chi connectivity index (χ2n) is 18.3. The van der Waals surface area contributed by atoms with Crippen LogP contribution in [0.25, 0.3) is 22.3 Å². The monoisotopic (exact) mass is 961 g/mol. The lowest BCUT2D eigenvalue weighted by Gasteiger charge is -2.10. The fraction of sp³-hybridized carbons (Fsp3) is 0.397. The summed E-state index contributed by atoms with van der Waals surface area (Å²) in [6, 6.07) is 45.3. The van der Waals surface area contributed by atoms with E-state index in [0.717, 1.165) is 79.1 Å². The predicted molar refractivity (Wildman–Crippen MR) is 288 cm³/mol. The van der Waals surface area contributed by atoms with Gasteiger partial charge in [-0.05, 0) is 151 Å². The molecule has 0 radical (unpaired) electrons. The van der Waals surface area contributed by atoms with Crippen molar-refractivity contribution >= 4 is 11.9 Å². The van der Waals surface area contributed by atoms with E-state index in [0.29, 0.717) is 47.3 Å². The maximum Gasteiger partial charge on any atom is 0.343 e. The molecule has 0 bridgehead atoms. The predicted octanol–water partition coefficient (Wildman–Crippen LogP) is 17.1. The first-order chi connectivity index (χ1) is 35.0. The number of ether oxygens (including phenoxy) is 6. The number of carbonyl (C=O) groups excluding carboxylic acids is 2. The molecule has 71 heavy (non-hydrogen) atoms. The lowest BCUT2D eigenvalue weighted by atomic mass is 10.0. The molecule has 0 aromatic heterocycles. The molecule has 0 heterocycles. The average Bonchev–Trinajstić information content (AvgIpc) is 3.41. The Labute approximate surface area is 424 Å². The first kappa shape index (κ1) is 53.8. The molecule has 0 aliphatic rings. The van der Waals surface area contributed by atoms with Crippen LogP contribution in [0.5, 0.6) is 34.5 Å². The average molecular weight is 961 g/mol. The van der Waals surface area contributed by atoms with E-state index < -0.39 is 11.9 Å². The molecule has 0 spiro atoms. The smallest absolute Gasteiger partial charge is 0.343 e. The quantitative estimate of drug-likeness (QED) is 0.0224. The molecule has 6 aromatic carbocycles. The van der Waals surface area contributed by atoms with Crippen LogP contribution in [-0.2, 0) is 0 Å². The molecule has 0 saturated carbocycles. The summed E-state index contributed by atoms with van der Waals surface area (Å²) < 4.78 is 35.0. The summed E-state index contributed by atoms with van der Waals surface area (Å²) in [5.74, 6) is 3.26. The number of carbonyl (C=O) groups is 2. The molecule has 0 amide bonds. The van der Waals surface area contributed by atoms with Gasteiger partial charge in [0.15, 0.2) is 0 Å². The highest BCUT2D eigenvalue weighted by molar-refractivity contribution is 5.92. The molecule has 0 unspecified atom stereocenters. The molecule has 376 valence electrons. The summed E-state index contributed by atoms with van der Waals surface area (Å²) in [5, 5.41) is 0. The van der Waals surface area contributed by atoms with E-state index in [9.17, 15) is 9.59 Å². The van der Waals surface area contributed by atoms with Gasteiger partial charge < -0.3 is 28.4 Å². The first-order valence-corrected chi connectivity index (χ1v) is 26.5. The van der Waals surface area contributed by atoms with Crippen LogP contribution >= 0.6 is 0 Å². The Morgan fingerprint density at radius 2 is 0.479 bits per heavy atom. The van der Waals surface area contributed by atoms with Crippen LogP contribution in [0.2, 0.25) is 0 Å². The van der Waals surface area contributed by atoms with Gasteiger partial charge in [0.25, 0.3) is 0 Å². The fourth-order valence-corrected chi connectivity index (χ4v) is 8.24. The third kappa shape index (κ3) is 20.0. The van der Waals surface area contributed by atoms with Gasteiger partial charge in [-0.15, -0.1) is 0 Å². The fourth-order valence-electron chi connectivity index (χ4n) is 8.24. The van der Waals surface area contributed by atoms with Gasteiger partial charge in [-0.2, -0.15) is 0 Å². The van der Waals surface area contributed by atoms with Crippen LogP contribution in [0, 0.1) is 0 Å². The molecule has 0 atom stereocenters. The highest BCUT2D eigenvalue weighted by Crippen LogP contribution is 2.27. The number of rotatable bonds is 34. The molecule has 8 heteroatoms. The van der Waals surface area contributed by atoms with E-state index in [1.54, 1.807) is 48.5 Å². The van der Waals surface area contributed by atoms with E-state index >= 15 is 0 Å². The van der Waals surface area contributed by atoms with Crippen molar-refractivity contribution in [1.29, 1.82) is 0 Å². The molecular formula is C63H76O8. The van der Waals surface area contributed by atoms with Crippen LogP contribution in [0.1, 0.15) is 157 Å². The maximum atomic E-state index is 12.9. The van der Waals surface area contributed by atoms with Gasteiger partial charge in [0.05, 0.1) is 37.6 Å². The summed E-state index contributed by atoms with van der Waals surface area (Å²) in [7, 11) is 0. The minimum absolute atomic E-state index is 0.415. The molecule has 6 rings (SSSR count). The molecule has 0 N–H and O–H groups in total. The largest absolute Gasteiger partial charge is 0.494 e. The van der Waals surface area contributed by atoms with Gasteiger partial charge in [-0.1, -0.05) is 152 Å². The summed E-state index contributed by atoms with van der Waals surface area (Å²) in [6.07, 6.45) is 23.2. The minimum atomic E-state index is -0.415. The van der Waals surface area contributed by atoms with Crippen molar-refractivity contribution in [1.82, 2.24) is 0 Å². The standard InChI is InChI=1S/C63H76O8/c1-3-5-7-9-11-13-15-18-46-66-56-34-30-52(31-35-56)50-22-26-54(27-23-50)62(64)70-60-42-38-58(39-43-60)68-48-20-17-21-49-69-59-40-44-61(45-41-59)71-63(65)55-28-24-51(25-29-55)53-32-36-57(37-33-53)67-47-19-16-14-12-10-8-6-4-2/h22-45H,3-21,46-49H2,1-2H3. The second kappa shape index (κ2) is 31.6. The molecule has 0 fully saturated rings. The summed E-state index contributed by atoms with van der Waals surface area (Å²) in [6.45, 7) is 7.11. The van der Waals surface area contributed by atoms with E-state index in [1.165, 1.54) is 89.9 Å². The van der Waals surface area contributed by atoms with Crippen LogP contribution in [-0.4, -0.2) is 38.4 Å². The maximum absolute atomic E-state index is 12.9. The van der Waals surface area contributed by atoms with E-state index in [2.05, 4.69) is 38.1 Å². The SMILES string of the molecule is CCCCCCCCCCOc1ccc(-c2ccc(C(=O)Oc3ccc(OCCCCCOc4ccc(OC(=O)c5ccc(-c6ccc(OCCCCCCCCCC)cc6)cc5)cc4)cc3)cc2)cc1. The highest BCUT2D eigenvalue weighted by Gasteiger charge is 2.12. The summed E-state index contributed by atoms with van der Waals surface area (Å²) in [4.78, 5) is 25.8. The molecule has 8 nitrogen and oxygen atoms in total. The zero-order chi connectivity index (χ0) is 49.6. The van der Waals surface area contributed by atoms with Gasteiger partial charge >= 0.3 is 11.9 Å². The van der Waals surface area contributed by atoms with Crippen LogP contribution in [0.3, 0.4) is 0 Å². The molecule has 0 saturated heterocycles. The number of benzene rings is 6. The second-order valence-corrected chi connectivity index (χ2v) is 18.3. The molecule has 6 aromatic rings. The van der Waals surface area contributed by atoms with Gasteiger partial charge in [0, 0.05) is 0 Å². The van der Waals surface area contributed by atoms with Crippen molar-refractivity contribution in [2.24, 2.45) is 0 Å². The van der Waals surface area contributed by atoms with Gasteiger partial charge in [-0.25, -0.2) is 9.59 Å². The first-order valence-electron chi connectivity index (χ1n) is 26.5. The van der Waals surface area contributed by atoms with Gasteiger partial charge in [-0.3, -0.25) is 0 Å². The third-order valence-electron chi connectivity index (χ3n) is 12.5. The number of unbranched alkanes of at least 4 members (excludes halogenated alkanes) is 16. The lowest BCUT2D eigenvalue weighted by molar-refractivity contribution is 0.0725. The van der Waals surface area contributed by atoms with Crippen molar-refractivity contribution in [2.75, 3.05) is 26.4 Å². The number of esters is 2. The zero-order valence-electron chi connectivity index (χ0n) is 42.4. The highest BCUT2D eigenvalue weighted by atomic mass is 16.5. The van der Waals surface area contributed by atoms with Crippen LogP contribution in [0.15, 0.2) is 146 Å². The van der Waals surface area contributed by atoms with E-state index in [4.69, 9.17) is 28.4 Å².